The number of hydrazine groups is 1. The van der Waals surface area contributed by atoms with Crippen LogP contribution >= 0.6 is 58.0 Å². The van der Waals surface area contributed by atoms with Gasteiger partial charge >= 0.3 is 23.9 Å². The van der Waals surface area contributed by atoms with Gasteiger partial charge in [-0.1, -0.05) is 88.3 Å². The number of hydrogen-bond acceptors (Lipinski definition) is 28. The first-order valence-corrected chi connectivity index (χ1v) is 35.4. The molecule has 1 aliphatic heterocycles. The number of nitriles is 1. The SMILES string of the molecule is COC(=O)c1ncnc(C(=O)NCc2ccc(F)c(Cl)c2)c1F.COC(=O)c1ncnc(C(=O)O)c1F.N#Cc1ncnc(C(=O)NCc2ccc(F)c(Cl)c2)c1F.NC(=O)c1ncnc(C(=O)NCc2ccc(F)c(Cl)c2)c1F.NC1NNc2c(C(=O)NCc3ccc(F)c(Cl)c3)ncnc21.O=C(O)c1ncnc(C(=O)NCc2ccc(F)c(Cl)c2)c1F. The van der Waals surface area contributed by atoms with Crippen molar-refractivity contribution in [2.24, 2.45) is 11.5 Å². The van der Waals surface area contributed by atoms with Crippen LogP contribution in [0.2, 0.25) is 25.1 Å². The van der Waals surface area contributed by atoms with Crippen LogP contribution in [0.5, 0.6) is 0 Å². The summed E-state index contributed by atoms with van der Waals surface area (Å²) in [5.41, 5.74) is 13.3. The van der Waals surface area contributed by atoms with Crippen molar-refractivity contribution in [2.45, 2.75) is 38.9 Å². The van der Waals surface area contributed by atoms with Crippen LogP contribution in [0.1, 0.15) is 150 Å². The number of fused-ring (bicyclic) bond motifs is 1. The van der Waals surface area contributed by atoms with E-state index in [9.17, 15) is 91.8 Å². The standard InChI is InChI=1S/C14H10ClF2N3O3.C13H9ClF2N4O2.C13H7ClF2N4O.C13H8ClF2N3O3.C13H12ClFN6O.C7H5FN2O4/c1-23-14(22)12-10(17)11(19-6-20-12)13(21)18-5-7-2-3-9(16)8(15)4-7;14-7-3-6(1-2-8(7)15)4-18-13(22)11-9(16)10(12(17)21)19-5-20-11;14-8-3-7(1-2-9(8)15)5-18-13(21)12-11(16)10(4-17)19-6-20-12;14-7-3-6(1-2-8(7)15)4-17-12(20)10-9(16)11(13(21)22)19-5-18-10;14-7-3-6(1-2-8(7)15)4-17-13(22)11-9-10(18-5-19-11)12(16)21-20-9;1-14-7(13)5-3(8)4(6(11)12)9-2-10-5/h2-4,6H,5H2,1H3,(H,18,21);1-3,5H,4H2,(H2,17,21)(H,18,22);1-3,6H,5H2,(H,18,21);1-3,5H,4H2,(H,17,20)(H,21,22);1-3,5,12,20-21H,4,16H2,(H,17,22);2H,1H3,(H,11,12). The maximum absolute atomic E-state index is 14.0. The van der Waals surface area contributed by atoms with Crippen LogP contribution in [-0.2, 0) is 42.2 Å². The van der Waals surface area contributed by atoms with E-state index in [-0.39, 0.29) is 63.5 Å². The van der Waals surface area contributed by atoms with Gasteiger partial charge in [0.05, 0.1) is 39.3 Å². The molecule has 0 spiro atoms. The summed E-state index contributed by atoms with van der Waals surface area (Å²) >= 11 is 28.1. The zero-order chi connectivity index (χ0) is 91.3. The molecule has 0 radical (unpaired) electrons. The molecule has 6 amide bonds. The molecule has 1 aliphatic rings. The molecule has 0 saturated heterocycles. The van der Waals surface area contributed by atoms with Gasteiger partial charge in [0, 0.05) is 32.7 Å². The summed E-state index contributed by atoms with van der Waals surface area (Å²) in [5.74, 6) is -19.2. The highest BCUT2D eigenvalue weighted by Gasteiger charge is 2.29. The Balaban J connectivity index is 0.000000206. The lowest BCUT2D eigenvalue weighted by Gasteiger charge is -2.08. The summed E-state index contributed by atoms with van der Waals surface area (Å²) in [7, 11) is 2.09. The molecule has 0 aliphatic carbocycles. The third kappa shape index (κ3) is 26.4. The molecule has 1 atom stereocenters. The number of halogens is 15. The van der Waals surface area contributed by atoms with Crippen LogP contribution in [0, 0.1) is 69.5 Å². The van der Waals surface area contributed by atoms with E-state index in [0.29, 0.717) is 39.2 Å². The highest BCUT2D eigenvalue weighted by Crippen LogP contribution is 2.27. The molecule has 6 aromatic heterocycles. The second-order valence-electron chi connectivity index (χ2n) is 23.4. The number of nitrogens with one attached hydrogen (secondary N) is 7. The lowest BCUT2D eigenvalue weighted by molar-refractivity contribution is 0.0576. The Morgan fingerprint density at radius 2 is 0.637 bits per heavy atom. The number of ether oxygens (including phenoxy) is 2. The Morgan fingerprint density at radius 3 is 0.935 bits per heavy atom. The van der Waals surface area contributed by atoms with Crippen LogP contribution in [0.4, 0.5) is 49.6 Å². The number of rotatable bonds is 20. The van der Waals surface area contributed by atoms with Crippen LogP contribution in [0.15, 0.2) is 129 Å². The number of nitrogens with zero attached hydrogens (tertiary/aromatic N) is 13. The number of aromatic nitrogens is 12. The van der Waals surface area contributed by atoms with Gasteiger partial charge in [0.25, 0.3) is 35.4 Å². The number of anilines is 1. The summed E-state index contributed by atoms with van der Waals surface area (Å²) in [6.07, 6.45) is 4.98. The molecule has 12 rings (SSSR count). The first kappa shape index (κ1) is 96.4. The van der Waals surface area contributed by atoms with Gasteiger partial charge in [0.1, 0.15) is 90.7 Å². The zero-order valence-electron chi connectivity index (χ0n) is 62.2. The quantitative estimate of drug-likeness (QED) is 0.0250. The number of amides is 6. The molecular weight excluding hydrogens is 1780 g/mol. The lowest BCUT2D eigenvalue weighted by Crippen LogP contribution is -2.27. The largest absolute Gasteiger partial charge is 0.476 e. The monoisotopic (exact) mass is 1820 g/mol. The van der Waals surface area contributed by atoms with Crippen LogP contribution < -0.4 is 48.9 Å². The smallest absolute Gasteiger partial charge is 0.359 e. The number of nitrogens with two attached hydrogens (primary N) is 2. The zero-order valence-corrected chi connectivity index (χ0v) is 65.9. The second kappa shape index (κ2) is 45.6. The Bertz CT molecular complexity index is 5860. The van der Waals surface area contributed by atoms with E-state index in [1.54, 1.807) is 6.07 Å². The number of carbonyl (C=O) groups is 10. The molecule has 13 N–H and O–H groups in total. The molecule has 5 aromatic carbocycles. The summed E-state index contributed by atoms with van der Waals surface area (Å²) in [4.78, 5) is 156. The van der Waals surface area contributed by atoms with Gasteiger partial charge in [-0.25, -0.2) is 128 Å². The number of carboxylic acid groups (broad SMARTS) is 2. The number of esters is 2. The van der Waals surface area contributed by atoms with Crippen molar-refractivity contribution in [1.82, 2.24) is 91.8 Å². The number of benzene rings is 5. The van der Waals surface area contributed by atoms with Crippen molar-refractivity contribution in [3.05, 3.63) is 308 Å². The molecule has 0 bridgehead atoms. The number of primary amides is 1. The van der Waals surface area contributed by atoms with Crippen molar-refractivity contribution in [3.8, 4) is 6.07 Å². The van der Waals surface area contributed by atoms with Gasteiger partial charge in [-0.2, -0.15) is 5.26 Å². The minimum absolute atomic E-state index is 0.00413. The molecule has 0 saturated carbocycles. The number of methoxy groups -OCH3 is 2. The van der Waals surface area contributed by atoms with E-state index >= 15 is 0 Å². The normalized spacial score (nSPS) is 11.2. The number of hydrogen-bond donors (Lipinski definition) is 11. The van der Waals surface area contributed by atoms with Crippen molar-refractivity contribution >= 4 is 123 Å². The average Bonchev–Trinajstić information content (AvgIpc) is 1.68. The molecule has 36 nitrogen and oxygen atoms in total. The third-order valence-electron chi connectivity index (χ3n) is 15.2. The fourth-order valence-corrected chi connectivity index (χ4v) is 10.3. The van der Waals surface area contributed by atoms with E-state index in [0.717, 1.165) is 70.1 Å². The predicted octanol–water partition coefficient (Wildman–Crippen LogP) is 9.00. The maximum atomic E-state index is 14.0. The van der Waals surface area contributed by atoms with E-state index in [2.05, 4.69) is 107 Å². The van der Waals surface area contributed by atoms with Gasteiger partial charge in [0.15, 0.2) is 91.7 Å². The van der Waals surface area contributed by atoms with Gasteiger partial charge in [-0.3, -0.25) is 28.8 Å². The van der Waals surface area contributed by atoms with E-state index in [1.165, 1.54) is 73.1 Å². The summed E-state index contributed by atoms with van der Waals surface area (Å²) in [6.45, 7) is 0.0654. The minimum Gasteiger partial charge on any atom is -0.476 e. The number of aromatic carboxylic acids is 2. The first-order valence-electron chi connectivity index (χ1n) is 33.5. The first-order chi connectivity index (χ1) is 58.9. The number of carboxylic acids is 2. The molecule has 11 aromatic rings. The van der Waals surface area contributed by atoms with Gasteiger partial charge in [0.2, 0.25) is 0 Å². The third-order valence-corrected chi connectivity index (χ3v) is 16.7. The lowest BCUT2D eigenvalue weighted by atomic mass is 10.2. The fourth-order valence-electron chi connectivity index (χ4n) is 9.24. The van der Waals surface area contributed by atoms with Crippen LogP contribution in [0.3, 0.4) is 0 Å². The van der Waals surface area contributed by atoms with Crippen molar-refractivity contribution in [2.75, 3.05) is 19.6 Å². The maximum Gasteiger partial charge on any atom is 0.359 e. The van der Waals surface area contributed by atoms with Gasteiger partial charge in [-0.05, 0) is 88.5 Å². The Kier molecular flexibility index (Phi) is 35.4. The molecule has 1 unspecified atom stereocenters. The fraction of sp³-hybridized carbons (Fsp3) is 0.110. The molecule has 124 heavy (non-hydrogen) atoms. The summed E-state index contributed by atoms with van der Waals surface area (Å²) in [6, 6.07) is 21.3. The Morgan fingerprint density at radius 1 is 0.387 bits per heavy atom. The molecule has 642 valence electrons. The van der Waals surface area contributed by atoms with E-state index in [4.69, 9.17) is 84.9 Å². The average molecular weight is 1830 g/mol. The molecular formula is C73H51Cl5F10N22O14. The van der Waals surface area contributed by atoms with Gasteiger partial charge < -0.3 is 63.2 Å². The summed E-state index contributed by atoms with van der Waals surface area (Å²) < 4.78 is 142. The minimum atomic E-state index is -1.61. The van der Waals surface area contributed by atoms with Crippen molar-refractivity contribution in [1.29, 1.82) is 5.26 Å². The second-order valence-corrected chi connectivity index (χ2v) is 25.4. The molecule has 0 fully saturated rings. The number of carbonyl (C=O) groups excluding carboxylic acids is 8. The summed E-state index contributed by atoms with van der Waals surface area (Å²) in [5, 5.41) is 37.6. The van der Waals surface area contributed by atoms with E-state index < -0.39 is 181 Å². The van der Waals surface area contributed by atoms with Crippen molar-refractivity contribution < 1.29 is 112 Å². The molecule has 7 heterocycles. The van der Waals surface area contributed by atoms with Crippen molar-refractivity contribution in [3.63, 3.8) is 0 Å². The van der Waals surface area contributed by atoms with Crippen LogP contribution in [0.25, 0.3) is 0 Å². The Labute approximate surface area is 712 Å². The van der Waals surface area contributed by atoms with E-state index in [1.807, 2.05) is 0 Å². The predicted molar refractivity (Wildman–Crippen MR) is 408 cm³/mol. The topological polar surface area (TPSA) is 544 Å². The van der Waals surface area contributed by atoms with Gasteiger partial charge in [-0.15, -0.1) is 0 Å². The highest BCUT2D eigenvalue weighted by atomic mass is 35.5. The Hall–Kier alpha value is -14.8. The highest BCUT2D eigenvalue weighted by molar-refractivity contribution is 6.32. The van der Waals surface area contributed by atoms with Crippen LogP contribution in [-0.4, -0.2) is 144 Å². The molecule has 51 heteroatoms.